The summed E-state index contributed by atoms with van der Waals surface area (Å²) in [6.07, 6.45) is 6.42. The van der Waals surface area contributed by atoms with E-state index in [1.54, 1.807) is 4.90 Å². The van der Waals surface area contributed by atoms with Crippen LogP contribution in [0.2, 0.25) is 0 Å². The lowest BCUT2D eigenvalue weighted by Crippen LogP contribution is -2.62. The molecule has 13 heteroatoms. The lowest BCUT2D eigenvalue weighted by molar-refractivity contribution is -0.143. The molecule has 0 aliphatic carbocycles. The molecule has 51 heavy (non-hydrogen) atoms. The van der Waals surface area contributed by atoms with Gasteiger partial charge in [-0.2, -0.15) is 0 Å². The fraction of sp³-hybridized carbons (Fsp3) is 0.789. The molecule has 0 radical (unpaired) electrons. The highest BCUT2D eigenvalue weighted by Crippen LogP contribution is 2.38. The molecular formula is C38H67N7O6. The first-order valence-electron chi connectivity index (χ1n) is 18.7. The van der Waals surface area contributed by atoms with Crippen LogP contribution in [-0.4, -0.2) is 102 Å². The maximum absolute atomic E-state index is 14.5. The van der Waals surface area contributed by atoms with E-state index < -0.39 is 64.5 Å². The van der Waals surface area contributed by atoms with E-state index in [4.69, 9.17) is 0 Å². The lowest BCUT2D eigenvalue weighted by Gasteiger charge is -2.39. The van der Waals surface area contributed by atoms with Crippen molar-refractivity contribution in [3.63, 3.8) is 0 Å². The summed E-state index contributed by atoms with van der Waals surface area (Å²) in [5.74, 6) is -2.46. The second kappa shape index (κ2) is 18.7. The van der Waals surface area contributed by atoms with Crippen LogP contribution in [0.15, 0.2) is 12.7 Å². The number of rotatable bonds is 16. The van der Waals surface area contributed by atoms with Crippen LogP contribution in [0.4, 0.5) is 9.59 Å². The lowest BCUT2D eigenvalue weighted by atomic mass is 9.79. The topological polar surface area (TPSA) is 169 Å². The van der Waals surface area contributed by atoms with Crippen molar-refractivity contribution >= 4 is 35.6 Å². The third-order valence-corrected chi connectivity index (χ3v) is 10.0. The molecule has 13 nitrogen and oxygen atoms in total. The van der Waals surface area contributed by atoms with Crippen LogP contribution in [0.3, 0.4) is 0 Å². The zero-order valence-corrected chi connectivity index (χ0v) is 33.0. The predicted molar refractivity (Wildman–Crippen MR) is 200 cm³/mol. The van der Waals surface area contributed by atoms with Crippen molar-refractivity contribution < 1.29 is 28.8 Å². The number of hydrogen-bond acceptors (Lipinski definition) is 6. The molecule has 2 rings (SSSR count). The monoisotopic (exact) mass is 718 g/mol. The molecule has 2 aliphatic heterocycles. The number of Topliss-reactive ketones (excluding diaryl/α,β-unsaturated/α-hetero) is 1. The molecule has 0 aromatic rings. The highest BCUT2D eigenvalue weighted by atomic mass is 16.2. The van der Waals surface area contributed by atoms with Gasteiger partial charge in [0.1, 0.15) is 12.1 Å². The normalized spacial score (nSPS) is 20.1. The number of carbonyl (C=O) groups excluding carboxylic acids is 6. The van der Waals surface area contributed by atoms with Gasteiger partial charge in [-0.3, -0.25) is 19.2 Å². The van der Waals surface area contributed by atoms with Crippen molar-refractivity contribution in [2.75, 3.05) is 32.7 Å². The number of hydrogen-bond donors (Lipinski definition) is 5. The number of amides is 7. The first-order chi connectivity index (χ1) is 23.6. The molecule has 0 aromatic heterocycles. The molecule has 2 heterocycles. The van der Waals surface area contributed by atoms with E-state index in [9.17, 15) is 28.8 Å². The molecule has 0 spiro atoms. The maximum Gasteiger partial charge on any atom is 0.317 e. The summed E-state index contributed by atoms with van der Waals surface area (Å²) in [6, 6.07) is -4.07. The van der Waals surface area contributed by atoms with Gasteiger partial charge in [-0.1, -0.05) is 101 Å². The summed E-state index contributed by atoms with van der Waals surface area (Å²) in [5, 5.41) is 14.2. The second-order valence-electron chi connectivity index (χ2n) is 17.4. The van der Waals surface area contributed by atoms with Gasteiger partial charge in [0.25, 0.3) is 5.91 Å². The van der Waals surface area contributed by atoms with E-state index in [-0.39, 0.29) is 23.9 Å². The Balaban J connectivity index is 2.36. The standard InChI is InChI=1S/C38H67N7O6/c1-12-14-15-16-18-26(29(46)32(48)39-19-13-2)41-31(47)27-22-25(36(3,4)5)23-45(27)33(49)30(38(9,10)11)43-34(50)42-28(37(6,7)8)24-44-21-17-20-40-35(44)51/h13,25-28,30H,2,12,14-24H2,1,3-11H3,(H,39,48)(H,40,51)(H,41,47)(H2,42,43,50)/t25-,26?,27+,28-,30-/m1/s1. The van der Waals surface area contributed by atoms with Crippen molar-refractivity contribution in [2.24, 2.45) is 22.2 Å². The third kappa shape index (κ3) is 13.1. The quantitative estimate of drug-likeness (QED) is 0.0915. The van der Waals surface area contributed by atoms with Crippen LogP contribution in [0.5, 0.6) is 0 Å². The molecule has 290 valence electrons. The molecular weight excluding hydrogens is 650 g/mol. The predicted octanol–water partition coefficient (Wildman–Crippen LogP) is 4.12. The van der Waals surface area contributed by atoms with E-state index in [2.05, 4.69) is 60.9 Å². The van der Waals surface area contributed by atoms with Crippen LogP contribution in [-0.2, 0) is 19.2 Å². The summed E-state index contributed by atoms with van der Waals surface area (Å²) in [7, 11) is 0. The number of ketones is 1. The Morgan fingerprint density at radius 3 is 2.16 bits per heavy atom. The Kier molecular flexibility index (Phi) is 16.0. The van der Waals surface area contributed by atoms with Crippen LogP contribution in [0, 0.1) is 22.2 Å². The fourth-order valence-electron chi connectivity index (χ4n) is 6.43. The average molecular weight is 718 g/mol. The number of unbranched alkanes of at least 4 members (excludes halogenated alkanes) is 3. The van der Waals surface area contributed by atoms with E-state index in [1.807, 2.05) is 41.5 Å². The highest BCUT2D eigenvalue weighted by Gasteiger charge is 2.48. The molecule has 2 saturated heterocycles. The zero-order chi connectivity index (χ0) is 38.7. The van der Waals surface area contributed by atoms with Crippen molar-refractivity contribution in [1.82, 2.24) is 36.4 Å². The molecule has 5 atom stereocenters. The Morgan fingerprint density at radius 1 is 0.941 bits per heavy atom. The molecule has 0 bridgehead atoms. The van der Waals surface area contributed by atoms with Crippen molar-refractivity contribution in [3.8, 4) is 0 Å². The Morgan fingerprint density at radius 2 is 1.61 bits per heavy atom. The van der Waals surface area contributed by atoms with Gasteiger partial charge < -0.3 is 36.4 Å². The van der Waals surface area contributed by atoms with Gasteiger partial charge in [0, 0.05) is 32.7 Å². The van der Waals surface area contributed by atoms with Gasteiger partial charge in [-0.25, -0.2) is 9.59 Å². The van der Waals surface area contributed by atoms with Crippen molar-refractivity contribution in [1.29, 1.82) is 0 Å². The fourth-order valence-corrected chi connectivity index (χ4v) is 6.43. The van der Waals surface area contributed by atoms with Gasteiger partial charge in [0.05, 0.1) is 12.1 Å². The van der Waals surface area contributed by atoms with Gasteiger partial charge in [0.2, 0.25) is 17.6 Å². The Labute approximate surface area is 306 Å². The Hall–Kier alpha value is -3.64. The average Bonchev–Trinajstić information content (AvgIpc) is 3.50. The molecule has 0 aromatic carbocycles. The molecule has 2 fully saturated rings. The van der Waals surface area contributed by atoms with Crippen molar-refractivity contribution in [3.05, 3.63) is 12.7 Å². The second-order valence-corrected chi connectivity index (χ2v) is 17.4. The van der Waals surface area contributed by atoms with Crippen LogP contribution < -0.4 is 26.6 Å². The minimum absolute atomic E-state index is 0.0396. The summed E-state index contributed by atoms with van der Waals surface area (Å²) in [6.45, 7) is 25.3. The van der Waals surface area contributed by atoms with Crippen LogP contribution >= 0.6 is 0 Å². The SMILES string of the molecule is C=CCNC(=O)C(=O)C(CCCCCC)NC(=O)[C@@H]1C[C@@H](C(C)(C)C)CN1C(=O)[C@@H](NC(=O)N[C@H](CN1CCCNC1=O)C(C)(C)C)C(C)(C)C. The highest BCUT2D eigenvalue weighted by molar-refractivity contribution is 6.38. The number of urea groups is 2. The van der Waals surface area contributed by atoms with Crippen molar-refractivity contribution in [2.45, 2.75) is 138 Å². The molecule has 1 unspecified atom stereocenters. The van der Waals surface area contributed by atoms with E-state index >= 15 is 0 Å². The van der Waals surface area contributed by atoms with Gasteiger partial charge >= 0.3 is 12.1 Å². The summed E-state index contributed by atoms with van der Waals surface area (Å²) in [4.78, 5) is 84.0. The smallest absolute Gasteiger partial charge is 0.317 e. The zero-order valence-electron chi connectivity index (χ0n) is 33.0. The summed E-state index contributed by atoms with van der Waals surface area (Å²) in [5.41, 5.74) is -1.38. The third-order valence-electron chi connectivity index (χ3n) is 10.0. The first-order valence-corrected chi connectivity index (χ1v) is 18.7. The van der Waals surface area contributed by atoms with E-state index in [0.29, 0.717) is 45.4 Å². The number of carbonyl (C=O) groups is 6. The molecule has 5 N–H and O–H groups in total. The summed E-state index contributed by atoms with van der Waals surface area (Å²) < 4.78 is 0. The summed E-state index contributed by atoms with van der Waals surface area (Å²) >= 11 is 0. The largest absolute Gasteiger partial charge is 0.346 e. The first kappa shape index (κ1) is 43.5. The van der Waals surface area contributed by atoms with Crippen LogP contribution in [0.25, 0.3) is 0 Å². The van der Waals surface area contributed by atoms with Crippen LogP contribution in [0.1, 0.15) is 114 Å². The number of likely N-dealkylation sites (tertiary alicyclic amines) is 1. The Bertz CT molecular complexity index is 1250. The molecule has 0 saturated carbocycles. The minimum Gasteiger partial charge on any atom is -0.346 e. The van der Waals surface area contributed by atoms with E-state index in [1.165, 1.54) is 11.0 Å². The van der Waals surface area contributed by atoms with E-state index in [0.717, 1.165) is 25.7 Å². The van der Waals surface area contributed by atoms with Gasteiger partial charge in [0.15, 0.2) is 0 Å². The number of nitrogens with one attached hydrogen (secondary N) is 5. The van der Waals surface area contributed by atoms with Gasteiger partial charge in [-0.05, 0) is 41.4 Å². The number of nitrogens with zero attached hydrogens (tertiary/aromatic N) is 2. The maximum atomic E-state index is 14.5. The molecule has 7 amide bonds. The minimum atomic E-state index is -1.04. The molecule has 2 aliphatic rings. The van der Waals surface area contributed by atoms with Gasteiger partial charge in [-0.15, -0.1) is 6.58 Å².